The van der Waals surface area contributed by atoms with Gasteiger partial charge < -0.3 is 10.6 Å². The molecule has 2 N–H and O–H groups in total. The highest BCUT2D eigenvalue weighted by Gasteiger charge is 2.27. The normalized spacial score (nSPS) is 20.5. The summed E-state index contributed by atoms with van der Waals surface area (Å²) in [5.41, 5.74) is 2.70. The van der Waals surface area contributed by atoms with E-state index in [1.165, 1.54) is 5.56 Å². The Morgan fingerprint density at radius 2 is 1.83 bits per heavy atom. The van der Waals surface area contributed by atoms with Gasteiger partial charge in [0.1, 0.15) is 0 Å². The number of nitrogens with one attached hydrogen (secondary N) is 2. The van der Waals surface area contributed by atoms with E-state index < -0.39 is 0 Å². The van der Waals surface area contributed by atoms with Crippen molar-refractivity contribution in [2.45, 2.75) is 57.7 Å². The average molecular weight is 397 g/mol. The van der Waals surface area contributed by atoms with Crippen molar-refractivity contribution in [1.29, 1.82) is 0 Å². The number of carbonyl (C=O) groups excluding carboxylic acids is 1. The predicted octanol–water partition coefficient (Wildman–Crippen LogP) is 2.47. The van der Waals surface area contributed by atoms with Crippen molar-refractivity contribution < 1.29 is 4.79 Å². The summed E-state index contributed by atoms with van der Waals surface area (Å²) in [6.07, 6.45) is 3.99. The third kappa shape index (κ3) is 4.51. The van der Waals surface area contributed by atoms with E-state index in [0.717, 1.165) is 57.6 Å². The van der Waals surface area contributed by atoms with Gasteiger partial charge in [0.25, 0.3) is 5.91 Å². The SMILES string of the molecule is Cc1c(C(=O)NC2CCN(C(C)c3ccccc3)CC2)nnn1C1CCNCC1. The second kappa shape index (κ2) is 9.05. The van der Waals surface area contributed by atoms with E-state index in [9.17, 15) is 4.79 Å². The quantitative estimate of drug-likeness (QED) is 0.812. The smallest absolute Gasteiger partial charge is 0.273 e. The maximum atomic E-state index is 12.8. The van der Waals surface area contributed by atoms with Gasteiger partial charge >= 0.3 is 0 Å². The second-order valence-corrected chi connectivity index (χ2v) is 8.32. The van der Waals surface area contributed by atoms with Crippen LogP contribution in [0.3, 0.4) is 0 Å². The number of piperidine rings is 2. The highest BCUT2D eigenvalue weighted by molar-refractivity contribution is 5.93. The Labute approximate surface area is 172 Å². The maximum absolute atomic E-state index is 12.8. The molecule has 2 fully saturated rings. The Hall–Kier alpha value is -2.25. The number of hydrogen-bond donors (Lipinski definition) is 2. The number of rotatable bonds is 5. The monoisotopic (exact) mass is 396 g/mol. The van der Waals surface area contributed by atoms with Crippen LogP contribution in [0.1, 0.15) is 66.4 Å². The number of amides is 1. The fraction of sp³-hybridized carbons (Fsp3) is 0.591. The van der Waals surface area contributed by atoms with Crippen molar-refractivity contribution in [3.8, 4) is 0 Å². The molecule has 0 spiro atoms. The first-order chi connectivity index (χ1) is 14.1. The Morgan fingerprint density at radius 1 is 1.14 bits per heavy atom. The van der Waals surface area contributed by atoms with Crippen LogP contribution in [0.25, 0.3) is 0 Å². The lowest BCUT2D eigenvalue weighted by molar-refractivity contribution is 0.0890. The maximum Gasteiger partial charge on any atom is 0.273 e. The zero-order chi connectivity index (χ0) is 20.2. The molecular weight excluding hydrogens is 364 g/mol. The van der Waals surface area contributed by atoms with Gasteiger partial charge in [-0.2, -0.15) is 0 Å². The number of nitrogens with zero attached hydrogens (tertiary/aromatic N) is 4. The van der Waals surface area contributed by atoms with Crippen LogP contribution >= 0.6 is 0 Å². The minimum Gasteiger partial charge on any atom is -0.348 e. The van der Waals surface area contributed by atoms with E-state index >= 15 is 0 Å². The van der Waals surface area contributed by atoms with E-state index in [0.29, 0.717) is 17.8 Å². The fourth-order valence-electron chi connectivity index (χ4n) is 4.58. The highest BCUT2D eigenvalue weighted by atomic mass is 16.2. The summed E-state index contributed by atoms with van der Waals surface area (Å²) >= 11 is 0. The molecule has 29 heavy (non-hydrogen) atoms. The number of carbonyl (C=O) groups is 1. The van der Waals surface area contributed by atoms with Gasteiger partial charge in [-0.3, -0.25) is 9.69 Å². The molecule has 0 aliphatic carbocycles. The number of likely N-dealkylation sites (tertiary alicyclic amines) is 1. The minimum absolute atomic E-state index is 0.0859. The van der Waals surface area contributed by atoms with Crippen molar-refractivity contribution >= 4 is 5.91 Å². The first-order valence-electron chi connectivity index (χ1n) is 10.9. The molecule has 2 aromatic rings. The molecule has 3 heterocycles. The predicted molar refractivity (Wildman–Crippen MR) is 113 cm³/mol. The van der Waals surface area contributed by atoms with Crippen molar-refractivity contribution in [3.05, 3.63) is 47.3 Å². The number of hydrogen-bond acceptors (Lipinski definition) is 5. The van der Waals surface area contributed by atoms with Gasteiger partial charge in [-0.15, -0.1) is 5.10 Å². The average Bonchev–Trinajstić information content (AvgIpc) is 3.16. The van der Waals surface area contributed by atoms with Gasteiger partial charge in [0.2, 0.25) is 0 Å². The molecule has 7 nitrogen and oxygen atoms in total. The standard InChI is InChI=1S/C22H32N6O/c1-16(18-6-4-3-5-7-18)27-14-10-19(11-15-27)24-22(29)21-17(2)28(26-25-21)20-8-12-23-13-9-20/h3-7,16,19-20,23H,8-15H2,1-2H3,(H,24,29). The van der Waals surface area contributed by atoms with Crippen molar-refractivity contribution in [2.24, 2.45) is 0 Å². The summed E-state index contributed by atoms with van der Waals surface area (Å²) in [6, 6.07) is 11.6. The molecule has 1 atom stereocenters. The zero-order valence-corrected chi connectivity index (χ0v) is 17.5. The molecule has 1 amide bonds. The Balaban J connectivity index is 1.31. The van der Waals surface area contributed by atoms with Crippen LogP contribution in [0.5, 0.6) is 0 Å². The molecule has 2 saturated heterocycles. The van der Waals surface area contributed by atoms with Crippen LogP contribution in [0.15, 0.2) is 30.3 Å². The molecular formula is C22H32N6O. The van der Waals surface area contributed by atoms with E-state index in [1.807, 2.05) is 11.6 Å². The molecule has 2 aliphatic rings. The summed E-state index contributed by atoms with van der Waals surface area (Å²) in [4.78, 5) is 15.3. The first-order valence-corrected chi connectivity index (χ1v) is 10.9. The largest absolute Gasteiger partial charge is 0.348 e. The third-order valence-corrected chi connectivity index (χ3v) is 6.49. The van der Waals surface area contributed by atoms with E-state index in [4.69, 9.17) is 0 Å². The van der Waals surface area contributed by atoms with Crippen molar-refractivity contribution in [2.75, 3.05) is 26.2 Å². The summed E-state index contributed by atoms with van der Waals surface area (Å²) in [6.45, 7) is 8.18. The molecule has 1 unspecified atom stereocenters. The van der Waals surface area contributed by atoms with Crippen LogP contribution < -0.4 is 10.6 Å². The van der Waals surface area contributed by atoms with Gasteiger partial charge in [0, 0.05) is 25.2 Å². The summed E-state index contributed by atoms with van der Waals surface area (Å²) in [5, 5.41) is 15.1. The lowest BCUT2D eigenvalue weighted by Crippen LogP contribution is -2.45. The molecule has 0 saturated carbocycles. The topological polar surface area (TPSA) is 75.1 Å². The lowest BCUT2D eigenvalue weighted by atomic mass is 10.00. The van der Waals surface area contributed by atoms with Crippen molar-refractivity contribution in [3.63, 3.8) is 0 Å². The zero-order valence-electron chi connectivity index (χ0n) is 17.5. The van der Waals surface area contributed by atoms with Crippen LogP contribution in [-0.2, 0) is 0 Å². The molecule has 1 aromatic carbocycles. The van der Waals surface area contributed by atoms with E-state index in [-0.39, 0.29) is 11.9 Å². The molecule has 1 aromatic heterocycles. The van der Waals surface area contributed by atoms with Crippen LogP contribution in [0, 0.1) is 6.92 Å². The number of benzene rings is 1. The molecule has 4 rings (SSSR count). The molecule has 0 radical (unpaired) electrons. The Morgan fingerprint density at radius 3 is 2.52 bits per heavy atom. The van der Waals surface area contributed by atoms with Crippen LogP contribution in [0.4, 0.5) is 0 Å². The molecule has 156 valence electrons. The summed E-state index contributed by atoms with van der Waals surface area (Å²) in [5.74, 6) is -0.0859. The summed E-state index contributed by atoms with van der Waals surface area (Å²) in [7, 11) is 0. The number of aromatic nitrogens is 3. The van der Waals surface area contributed by atoms with Gasteiger partial charge in [0.05, 0.1) is 11.7 Å². The minimum atomic E-state index is -0.0859. The van der Waals surface area contributed by atoms with Gasteiger partial charge in [-0.1, -0.05) is 35.5 Å². The first kappa shape index (κ1) is 20.0. The molecule has 0 bridgehead atoms. The third-order valence-electron chi connectivity index (χ3n) is 6.49. The van der Waals surface area contributed by atoms with Gasteiger partial charge in [0.15, 0.2) is 5.69 Å². The molecule has 7 heteroatoms. The molecule has 2 aliphatic heterocycles. The van der Waals surface area contributed by atoms with Gasteiger partial charge in [-0.05, 0) is 58.2 Å². The second-order valence-electron chi connectivity index (χ2n) is 8.32. The summed E-state index contributed by atoms with van der Waals surface area (Å²) < 4.78 is 1.94. The van der Waals surface area contributed by atoms with Crippen LogP contribution in [-0.4, -0.2) is 58.0 Å². The lowest BCUT2D eigenvalue weighted by Gasteiger charge is -2.36. The Kier molecular flexibility index (Phi) is 6.25. The van der Waals surface area contributed by atoms with E-state index in [1.54, 1.807) is 0 Å². The highest BCUT2D eigenvalue weighted by Crippen LogP contribution is 2.24. The van der Waals surface area contributed by atoms with Gasteiger partial charge in [-0.25, -0.2) is 4.68 Å². The Bertz CT molecular complexity index is 806. The van der Waals surface area contributed by atoms with E-state index in [2.05, 4.69) is 63.1 Å². The van der Waals surface area contributed by atoms with Crippen LogP contribution in [0.2, 0.25) is 0 Å². The van der Waals surface area contributed by atoms with Crippen molar-refractivity contribution in [1.82, 2.24) is 30.5 Å². The fourth-order valence-corrected chi connectivity index (χ4v) is 4.58.